The van der Waals surface area contributed by atoms with E-state index >= 15 is 0 Å². The second kappa shape index (κ2) is 16.9. The van der Waals surface area contributed by atoms with Gasteiger partial charge in [-0.15, -0.1) is 0 Å². The SMILES string of the molecule is CC[C@H](C)[C@H]1O[C@]2(CC(O)[C@@H]1C)C[C@@H]1C[C@@H](C/C=C(/C)[C@@H](O[C@H]3C[C@H](OC)[C@@H](O)[C@H](C)O3)[C@@H](C)/C=C\C=C3CO[C@@H]4[C@H](OC)C(C)=C[C@@H](C(=O)O1)[C@]34O)O2. The number of hydrogen-bond acceptors (Lipinski definition) is 12. The summed E-state index contributed by atoms with van der Waals surface area (Å²) in [4.78, 5) is 14.4. The Hall–Kier alpha value is -1.97. The number of allylic oxidation sites excluding steroid dienone is 2. The van der Waals surface area contributed by atoms with Gasteiger partial charge < -0.3 is 53.2 Å². The number of carbonyl (C=O) groups is 1. The van der Waals surface area contributed by atoms with Crippen molar-refractivity contribution in [3.63, 3.8) is 0 Å². The van der Waals surface area contributed by atoms with E-state index in [0.29, 0.717) is 24.8 Å². The Morgan fingerprint density at radius 3 is 2.46 bits per heavy atom. The monoisotopic (exact) mass is 760 g/mol. The minimum absolute atomic E-state index is 0.0953. The van der Waals surface area contributed by atoms with Crippen LogP contribution in [-0.4, -0.2) is 121 Å². The number of methoxy groups -OCH3 is 2. The zero-order valence-corrected chi connectivity index (χ0v) is 33.5. The maximum Gasteiger partial charge on any atom is 0.316 e. The molecule has 12 nitrogen and oxygen atoms in total. The van der Waals surface area contributed by atoms with Crippen molar-refractivity contribution in [3.05, 3.63) is 47.1 Å². The van der Waals surface area contributed by atoms with Crippen LogP contribution in [0, 0.1) is 23.7 Å². The van der Waals surface area contributed by atoms with Gasteiger partial charge in [0.2, 0.25) is 0 Å². The van der Waals surface area contributed by atoms with E-state index in [1.807, 2.05) is 45.9 Å². The smallest absolute Gasteiger partial charge is 0.316 e. The third kappa shape index (κ3) is 8.08. The highest BCUT2D eigenvalue weighted by atomic mass is 16.7. The Morgan fingerprint density at radius 1 is 1.00 bits per heavy atom. The average Bonchev–Trinajstić information content (AvgIpc) is 3.47. The second-order valence-electron chi connectivity index (χ2n) is 16.8. The Bertz CT molecular complexity index is 1460. The Kier molecular flexibility index (Phi) is 13.0. The lowest BCUT2D eigenvalue weighted by Crippen LogP contribution is -2.60. The Labute approximate surface area is 320 Å². The highest BCUT2D eigenvalue weighted by Crippen LogP contribution is 2.48. The third-order valence-corrected chi connectivity index (χ3v) is 13.0. The topological polar surface area (TPSA) is 152 Å². The lowest BCUT2D eigenvalue weighted by atomic mass is 9.70. The van der Waals surface area contributed by atoms with Crippen molar-refractivity contribution in [2.75, 3.05) is 20.8 Å². The molecule has 17 atom stereocenters. The second-order valence-corrected chi connectivity index (χ2v) is 16.8. The van der Waals surface area contributed by atoms with Crippen molar-refractivity contribution in [3.8, 4) is 0 Å². The molecule has 4 fully saturated rings. The molecule has 5 aliphatic heterocycles. The summed E-state index contributed by atoms with van der Waals surface area (Å²) in [6, 6.07) is 0. The molecular formula is C42H64O12. The Morgan fingerprint density at radius 2 is 1.76 bits per heavy atom. The molecular weight excluding hydrogens is 696 g/mol. The van der Waals surface area contributed by atoms with Gasteiger partial charge in [-0.3, -0.25) is 4.79 Å². The molecule has 0 radical (unpaired) electrons. The fourth-order valence-corrected chi connectivity index (χ4v) is 9.58. The van der Waals surface area contributed by atoms with Crippen molar-refractivity contribution in [1.82, 2.24) is 0 Å². The summed E-state index contributed by atoms with van der Waals surface area (Å²) in [6.45, 7) is 14.1. The van der Waals surface area contributed by atoms with Gasteiger partial charge in [0.15, 0.2) is 12.1 Å². The first-order valence-corrected chi connectivity index (χ1v) is 20.0. The van der Waals surface area contributed by atoms with Gasteiger partial charge in [-0.1, -0.05) is 64.5 Å². The molecule has 0 amide bonds. The molecule has 3 N–H and O–H groups in total. The maximum absolute atomic E-state index is 14.4. The van der Waals surface area contributed by atoms with E-state index < -0.39 is 84.5 Å². The third-order valence-electron chi connectivity index (χ3n) is 13.0. The molecule has 304 valence electrons. The number of rotatable bonds is 6. The van der Waals surface area contributed by atoms with Crippen LogP contribution < -0.4 is 0 Å². The summed E-state index contributed by atoms with van der Waals surface area (Å²) in [5, 5.41) is 34.6. The van der Waals surface area contributed by atoms with Crippen LogP contribution in [0.15, 0.2) is 47.1 Å². The van der Waals surface area contributed by atoms with Crippen LogP contribution in [0.2, 0.25) is 0 Å². The van der Waals surface area contributed by atoms with Gasteiger partial charge in [-0.25, -0.2) is 0 Å². The molecule has 0 aromatic heterocycles. The summed E-state index contributed by atoms with van der Waals surface area (Å²) < 4.78 is 50.5. The number of aliphatic hydroxyl groups excluding tert-OH is 2. The van der Waals surface area contributed by atoms with Crippen LogP contribution in [0.3, 0.4) is 0 Å². The molecule has 4 saturated heterocycles. The fraction of sp³-hybridized carbons (Fsp3) is 0.786. The normalized spacial score (nSPS) is 48.1. The van der Waals surface area contributed by atoms with Crippen LogP contribution in [0.4, 0.5) is 0 Å². The molecule has 6 rings (SSSR count). The highest BCUT2D eigenvalue weighted by molar-refractivity contribution is 5.78. The van der Waals surface area contributed by atoms with E-state index in [2.05, 4.69) is 26.8 Å². The molecule has 12 heteroatoms. The van der Waals surface area contributed by atoms with E-state index in [9.17, 15) is 20.1 Å². The number of carbonyl (C=O) groups excluding carboxylic acids is 1. The molecule has 0 saturated carbocycles. The van der Waals surface area contributed by atoms with Gasteiger partial charge in [-0.2, -0.15) is 0 Å². The van der Waals surface area contributed by atoms with Gasteiger partial charge in [0.25, 0.3) is 0 Å². The van der Waals surface area contributed by atoms with Gasteiger partial charge in [-0.05, 0) is 49.8 Å². The number of ether oxygens (including phenoxy) is 8. The summed E-state index contributed by atoms with van der Waals surface area (Å²) in [7, 11) is 3.15. The predicted molar refractivity (Wildman–Crippen MR) is 199 cm³/mol. The molecule has 1 spiro atoms. The first kappa shape index (κ1) is 41.7. The number of aliphatic hydroxyl groups is 3. The van der Waals surface area contributed by atoms with Crippen LogP contribution >= 0.6 is 0 Å². The zero-order valence-electron chi connectivity index (χ0n) is 33.5. The molecule has 5 heterocycles. The standard InChI is InChI=1S/C42H64O12/c1-10-22(2)37-26(6)32(43)20-41(54-37)19-30-17-29(53-41)15-14-24(4)36(52-34-18-33(47-8)35(44)27(7)50-34)23(3)12-11-13-28-21-49-39-38(48-9)25(5)16-31(40(45)51-30)42(28,39)46/h11-14,16,22-23,26-27,29-39,43-44,46H,10,15,17-21H2,1-9H3/b12-11-,24-14-,28-13?/t22-,23-,26-,27-,29+,30-,31-,32?,33-,34-,35-,36-,37+,38+,39+,41-,42+/m0/s1. The molecule has 54 heavy (non-hydrogen) atoms. The molecule has 6 aliphatic rings. The lowest BCUT2D eigenvalue weighted by Gasteiger charge is -2.52. The molecule has 2 bridgehead atoms. The van der Waals surface area contributed by atoms with E-state index in [1.165, 1.54) is 0 Å². The van der Waals surface area contributed by atoms with Crippen LogP contribution in [0.1, 0.15) is 87.0 Å². The van der Waals surface area contributed by atoms with Crippen LogP contribution in [0.25, 0.3) is 0 Å². The van der Waals surface area contributed by atoms with E-state index in [0.717, 1.165) is 17.6 Å². The van der Waals surface area contributed by atoms with E-state index in [1.54, 1.807) is 20.3 Å². The average molecular weight is 761 g/mol. The maximum atomic E-state index is 14.4. The van der Waals surface area contributed by atoms with Gasteiger partial charge in [0.05, 0.1) is 43.2 Å². The van der Waals surface area contributed by atoms with Gasteiger partial charge >= 0.3 is 5.97 Å². The number of esters is 1. The minimum Gasteiger partial charge on any atom is -0.462 e. The number of fused-ring (bicyclic) bond motifs is 2. The highest BCUT2D eigenvalue weighted by Gasteiger charge is 2.61. The summed E-state index contributed by atoms with van der Waals surface area (Å²) in [6.07, 6.45) is 6.15. The van der Waals surface area contributed by atoms with Crippen LogP contribution in [0.5, 0.6) is 0 Å². The summed E-state index contributed by atoms with van der Waals surface area (Å²) in [5.41, 5.74) is 0.566. The summed E-state index contributed by atoms with van der Waals surface area (Å²) >= 11 is 0. The quantitative estimate of drug-likeness (QED) is 0.255. The van der Waals surface area contributed by atoms with Crippen molar-refractivity contribution < 1.29 is 58.0 Å². The summed E-state index contributed by atoms with van der Waals surface area (Å²) in [5.74, 6) is -2.85. The largest absolute Gasteiger partial charge is 0.462 e. The molecule has 0 aromatic rings. The van der Waals surface area contributed by atoms with Crippen LogP contribution in [-0.2, 0) is 42.7 Å². The Balaban J connectivity index is 1.40. The number of hydrogen-bond donors (Lipinski definition) is 3. The molecule has 1 unspecified atom stereocenters. The first-order chi connectivity index (χ1) is 25.6. The lowest BCUT2D eigenvalue weighted by molar-refractivity contribution is -0.354. The first-order valence-electron chi connectivity index (χ1n) is 20.0. The van der Waals surface area contributed by atoms with E-state index in [-0.39, 0.29) is 43.3 Å². The van der Waals surface area contributed by atoms with Gasteiger partial charge in [0.1, 0.15) is 35.9 Å². The predicted octanol–water partition coefficient (Wildman–Crippen LogP) is 4.69. The van der Waals surface area contributed by atoms with E-state index in [4.69, 9.17) is 37.9 Å². The van der Waals surface area contributed by atoms with Crippen molar-refractivity contribution >= 4 is 5.97 Å². The van der Waals surface area contributed by atoms with Crippen molar-refractivity contribution in [2.24, 2.45) is 23.7 Å². The van der Waals surface area contributed by atoms with Crippen molar-refractivity contribution in [1.29, 1.82) is 0 Å². The minimum atomic E-state index is -1.72. The zero-order chi connectivity index (χ0) is 39.1. The molecule has 0 aromatic carbocycles. The fourth-order valence-electron chi connectivity index (χ4n) is 9.58. The van der Waals surface area contributed by atoms with Gasteiger partial charge in [0, 0.05) is 51.7 Å². The molecule has 1 aliphatic carbocycles. The van der Waals surface area contributed by atoms with Crippen molar-refractivity contribution in [2.45, 2.75) is 166 Å².